The number of imidazole rings is 1. The number of benzene rings is 1. The van der Waals surface area contributed by atoms with E-state index in [0.717, 1.165) is 26.9 Å². The number of amides is 2. The molecule has 0 aliphatic rings. The van der Waals surface area contributed by atoms with Gasteiger partial charge in [-0.15, -0.1) is 22.7 Å². The van der Waals surface area contributed by atoms with Crippen LogP contribution in [0.1, 0.15) is 26.3 Å². The standard InChI is InChI=1S/C25H21FN6O3S2/c1-14(2)32-12-18(29-13-32)21-10-17-24(37-21)20(5-6-27-17)35-19-4-3-15(9-16(19)26)30-22(33)11-23(34)31-25-28-7-8-36-25/h3-10,12-14H,11H2,1-2H3,(H,30,33)(H,28,31,34). The van der Waals surface area contributed by atoms with Crippen molar-refractivity contribution in [2.45, 2.75) is 26.3 Å². The van der Waals surface area contributed by atoms with Crippen LogP contribution in [0.15, 0.2) is 60.6 Å². The first-order valence-electron chi connectivity index (χ1n) is 11.2. The summed E-state index contributed by atoms with van der Waals surface area (Å²) in [5.41, 5.74) is 1.75. The van der Waals surface area contributed by atoms with Gasteiger partial charge >= 0.3 is 0 Å². The van der Waals surface area contributed by atoms with Crippen LogP contribution >= 0.6 is 22.7 Å². The molecule has 0 spiro atoms. The number of halogens is 1. The predicted molar refractivity (Wildman–Crippen MR) is 142 cm³/mol. The molecule has 5 aromatic rings. The van der Waals surface area contributed by atoms with Gasteiger partial charge in [-0.3, -0.25) is 14.6 Å². The Morgan fingerprint density at radius 1 is 1.05 bits per heavy atom. The minimum absolute atomic E-state index is 0.00829. The maximum atomic E-state index is 14.9. The first-order chi connectivity index (χ1) is 17.9. The van der Waals surface area contributed by atoms with Crippen molar-refractivity contribution in [1.82, 2.24) is 19.5 Å². The maximum Gasteiger partial charge on any atom is 0.235 e. The van der Waals surface area contributed by atoms with Crippen LogP contribution in [0.3, 0.4) is 0 Å². The normalized spacial score (nSPS) is 11.1. The molecule has 0 fully saturated rings. The summed E-state index contributed by atoms with van der Waals surface area (Å²) in [5, 5.41) is 7.15. The summed E-state index contributed by atoms with van der Waals surface area (Å²) in [6, 6.07) is 7.97. The summed E-state index contributed by atoms with van der Waals surface area (Å²) in [5.74, 6) is -1.31. The van der Waals surface area contributed by atoms with Gasteiger partial charge in [-0.2, -0.15) is 0 Å². The number of rotatable bonds is 8. The quantitative estimate of drug-likeness (QED) is 0.232. The fourth-order valence-corrected chi connectivity index (χ4v) is 5.02. The molecule has 1 aromatic carbocycles. The average Bonchev–Trinajstić information content (AvgIpc) is 3.61. The van der Waals surface area contributed by atoms with Crippen LogP contribution in [-0.4, -0.2) is 31.3 Å². The molecule has 4 aromatic heterocycles. The van der Waals surface area contributed by atoms with Crippen molar-refractivity contribution in [3.63, 3.8) is 0 Å². The van der Waals surface area contributed by atoms with E-state index in [2.05, 4.69) is 39.4 Å². The molecule has 37 heavy (non-hydrogen) atoms. The number of pyridine rings is 1. The molecule has 12 heteroatoms. The van der Waals surface area contributed by atoms with E-state index in [1.807, 2.05) is 16.8 Å². The van der Waals surface area contributed by atoms with E-state index >= 15 is 0 Å². The third kappa shape index (κ3) is 5.65. The molecule has 4 heterocycles. The lowest BCUT2D eigenvalue weighted by Crippen LogP contribution is -2.21. The van der Waals surface area contributed by atoms with Crippen LogP contribution in [0.25, 0.3) is 20.8 Å². The fourth-order valence-electron chi connectivity index (χ4n) is 3.45. The lowest BCUT2D eigenvalue weighted by Gasteiger charge is -2.10. The van der Waals surface area contributed by atoms with Gasteiger partial charge in [-0.25, -0.2) is 14.4 Å². The van der Waals surface area contributed by atoms with Crippen LogP contribution in [0, 0.1) is 5.82 Å². The topological polar surface area (TPSA) is 111 Å². The Morgan fingerprint density at radius 3 is 2.62 bits per heavy atom. The van der Waals surface area contributed by atoms with Gasteiger partial charge in [0.05, 0.1) is 27.1 Å². The van der Waals surface area contributed by atoms with Crippen LogP contribution in [-0.2, 0) is 9.59 Å². The van der Waals surface area contributed by atoms with Crippen molar-refractivity contribution in [1.29, 1.82) is 0 Å². The number of ether oxygens (including phenoxy) is 1. The van der Waals surface area contributed by atoms with E-state index in [9.17, 15) is 14.0 Å². The van der Waals surface area contributed by atoms with E-state index in [1.54, 1.807) is 30.2 Å². The Bertz CT molecular complexity index is 1580. The van der Waals surface area contributed by atoms with Gasteiger partial charge in [-0.05, 0) is 32.0 Å². The third-order valence-corrected chi connectivity index (χ3v) is 7.11. The molecular weight excluding hydrogens is 515 g/mol. The minimum atomic E-state index is -0.664. The van der Waals surface area contributed by atoms with Gasteiger partial charge < -0.3 is 19.9 Å². The molecule has 0 atom stereocenters. The highest BCUT2D eigenvalue weighted by Gasteiger charge is 2.16. The van der Waals surface area contributed by atoms with Crippen LogP contribution < -0.4 is 15.4 Å². The smallest absolute Gasteiger partial charge is 0.235 e. The van der Waals surface area contributed by atoms with Crippen LogP contribution in [0.5, 0.6) is 11.5 Å². The molecule has 0 unspecified atom stereocenters. The zero-order chi connectivity index (χ0) is 25.9. The molecule has 0 aliphatic carbocycles. The Kier molecular flexibility index (Phi) is 6.93. The highest BCUT2D eigenvalue weighted by molar-refractivity contribution is 7.22. The van der Waals surface area contributed by atoms with E-state index < -0.39 is 24.1 Å². The third-order valence-electron chi connectivity index (χ3n) is 5.26. The van der Waals surface area contributed by atoms with Crippen molar-refractivity contribution in [3.05, 3.63) is 66.4 Å². The fraction of sp³-hybridized carbons (Fsp3) is 0.160. The zero-order valence-corrected chi connectivity index (χ0v) is 21.4. The summed E-state index contributed by atoms with van der Waals surface area (Å²) in [7, 11) is 0. The summed E-state index contributed by atoms with van der Waals surface area (Å²) in [4.78, 5) is 37.9. The number of nitrogens with zero attached hydrogens (tertiary/aromatic N) is 4. The lowest BCUT2D eigenvalue weighted by molar-refractivity contribution is -0.123. The molecular formula is C25H21FN6O3S2. The molecule has 2 N–H and O–H groups in total. The second-order valence-electron chi connectivity index (χ2n) is 8.29. The Morgan fingerprint density at radius 2 is 1.89 bits per heavy atom. The Labute approximate surface area is 219 Å². The number of carbonyl (C=O) groups is 2. The number of nitrogens with one attached hydrogen (secondary N) is 2. The van der Waals surface area contributed by atoms with Crippen molar-refractivity contribution in [2.75, 3.05) is 10.6 Å². The molecule has 0 saturated heterocycles. The average molecular weight is 537 g/mol. The first-order valence-corrected chi connectivity index (χ1v) is 12.9. The van der Waals surface area contributed by atoms with Gasteiger partial charge in [0.25, 0.3) is 0 Å². The number of aromatic nitrogens is 4. The monoisotopic (exact) mass is 536 g/mol. The second-order valence-corrected chi connectivity index (χ2v) is 10.2. The number of thiophene rings is 1. The largest absolute Gasteiger partial charge is 0.453 e. The van der Waals surface area contributed by atoms with Crippen molar-refractivity contribution >= 4 is 55.5 Å². The second kappa shape index (κ2) is 10.4. The number of thiazole rings is 1. The van der Waals surface area contributed by atoms with E-state index in [1.165, 1.54) is 34.8 Å². The Balaban J connectivity index is 1.28. The highest BCUT2D eigenvalue weighted by atomic mass is 32.1. The molecule has 5 rings (SSSR count). The highest BCUT2D eigenvalue weighted by Crippen LogP contribution is 2.39. The molecule has 0 radical (unpaired) electrons. The number of hydrogen-bond acceptors (Lipinski definition) is 8. The van der Waals surface area contributed by atoms with E-state index in [0.29, 0.717) is 16.9 Å². The Hall–Kier alpha value is -4.16. The summed E-state index contributed by atoms with van der Waals surface area (Å²) in [6.45, 7) is 4.16. The number of hydrogen-bond donors (Lipinski definition) is 2. The zero-order valence-electron chi connectivity index (χ0n) is 19.8. The summed E-state index contributed by atoms with van der Waals surface area (Å²) >= 11 is 2.70. The molecule has 0 aliphatic heterocycles. The molecule has 2 amide bonds. The van der Waals surface area contributed by atoms with Crippen LogP contribution in [0.4, 0.5) is 15.2 Å². The van der Waals surface area contributed by atoms with Gasteiger partial charge in [0.2, 0.25) is 11.8 Å². The number of anilines is 2. The summed E-state index contributed by atoms with van der Waals surface area (Å²) < 4.78 is 23.5. The first kappa shape index (κ1) is 24.5. The van der Waals surface area contributed by atoms with Gasteiger partial charge in [0, 0.05) is 47.8 Å². The lowest BCUT2D eigenvalue weighted by atomic mass is 10.2. The van der Waals surface area contributed by atoms with Gasteiger partial charge in [-0.1, -0.05) is 0 Å². The molecule has 9 nitrogen and oxygen atoms in total. The molecule has 0 bridgehead atoms. The SMILES string of the molecule is CC(C)n1cnc(-c2cc3nccc(Oc4ccc(NC(=O)CC(=O)Nc5nccs5)cc4F)c3s2)c1. The predicted octanol–water partition coefficient (Wildman–Crippen LogP) is 6.10. The number of fused-ring (bicyclic) bond motifs is 1. The number of carbonyl (C=O) groups excluding carboxylic acids is 2. The molecule has 0 saturated carbocycles. The van der Waals surface area contributed by atoms with Crippen molar-refractivity contribution < 1.29 is 18.7 Å². The summed E-state index contributed by atoms with van der Waals surface area (Å²) in [6.07, 6.45) is 6.49. The van der Waals surface area contributed by atoms with E-state index in [4.69, 9.17) is 4.74 Å². The minimum Gasteiger partial charge on any atom is -0.453 e. The van der Waals surface area contributed by atoms with Crippen LogP contribution in [0.2, 0.25) is 0 Å². The molecule has 188 valence electrons. The van der Waals surface area contributed by atoms with Gasteiger partial charge in [0.1, 0.15) is 12.2 Å². The van der Waals surface area contributed by atoms with Crippen molar-refractivity contribution in [3.8, 4) is 22.1 Å². The van der Waals surface area contributed by atoms with E-state index in [-0.39, 0.29) is 11.4 Å². The van der Waals surface area contributed by atoms with Crippen molar-refractivity contribution in [2.24, 2.45) is 0 Å². The van der Waals surface area contributed by atoms with Gasteiger partial charge in [0.15, 0.2) is 16.7 Å². The maximum absolute atomic E-state index is 14.9.